The molecule has 0 saturated carbocycles. The molecule has 0 heterocycles. The fourth-order valence-corrected chi connectivity index (χ4v) is 7.36. The highest BCUT2D eigenvalue weighted by atomic mass is 16.6. The third kappa shape index (κ3) is 80.6. The van der Waals surface area contributed by atoms with Gasteiger partial charge in [0.05, 0.1) is 357 Å². The number of carbonyl (C=O) groups excluding carboxylic acids is 3. The Balaban J connectivity index is 4.18. The molecule has 0 atom stereocenters. The summed E-state index contributed by atoms with van der Waals surface area (Å²) in [6, 6.07) is 0. The molecule has 33 heteroatoms. The molecule has 0 aliphatic heterocycles. The van der Waals surface area contributed by atoms with Crippen LogP contribution in [0.1, 0.15) is 13.3 Å². The fourth-order valence-electron chi connectivity index (χ4n) is 7.36. The lowest BCUT2D eigenvalue weighted by Crippen LogP contribution is -2.38. The van der Waals surface area contributed by atoms with Crippen LogP contribution in [0.15, 0.2) is 38.0 Å². The highest BCUT2D eigenvalue weighted by Gasteiger charge is 2.30. The van der Waals surface area contributed by atoms with Crippen LogP contribution < -0.4 is 0 Å². The third-order valence-corrected chi connectivity index (χ3v) is 12.8. The Morgan fingerprint density at radius 3 is 0.382 bits per heavy atom. The molecule has 0 rings (SSSR count). The van der Waals surface area contributed by atoms with Crippen molar-refractivity contribution in [2.45, 2.75) is 13.3 Å². The predicted octanol–water partition coefficient (Wildman–Crippen LogP) is 2.02. The van der Waals surface area contributed by atoms with Gasteiger partial charge in [0.15, 0.2) is 0 Å². The molecule has 102 heavy (non-hydrogen) atoms. The minimum atomic E-state index is -0.474. The van der Waals surface area contributed by atoms with Gasteiger partial charge in [-0.05, 0) is 6.42 Å². The summed E-state index contributed by atoms with van der Waals surface area (Å²) in [4.78, 5) is 32.9. The monoisotopic (exact) mass is 1480 g/mol. The van der Waals surface area contributed by atoms with E-state index in [1.54, 1.807) is 0 Å². The zero-order valence-corrected chi connectivity index (χ0v) is 61.3. The van der Waals surface area contributed by atoms with Gasteiger partial charge in [0.1, 0.15) is 19.8 Å². The second-order valence-electron chi connectivity index (χ2n) is 20.8. The van der Waals surface area contributed by atoms with Crippen LogP contribution in [-0.4, -0.2) is 395 Å². The van der Waals surface area contributed by atoms with Crippen LogP contribution in [0.5, 0.6) is 0 Å². The van der Waals surface area contributed by atoms with Gasteiger partial charge in [-0.25, -0.2) is 14.4 Å². The first-order valence-electron chi connectivity index (χ1n) is 35.4. The highest BCUT2D eigenvalue weighted by Crippen LogP contribution is 2.24. The maximum Gasteiger partial charge on any atom is 0.330 e. The Morgan fingerprint density at radius 2 is 0.284 bits per heavy atom. The van der Waals surface area contributed by atoms with E-state index in [-0.39, 0.29) is 19.8 Å². The summed E-state index contributed by atoms with van der Waals surface area (Å²) >= 11 is 0. The lowest BCUT2D eigenvalue weighted by molar-refractivity contribution is -0.140. The lowest BCUT2D eigenvalue weighted by atomic mass is 9.88. The summed E-state index contributed by atoms with van der Waals surface area (Å²) < 4.78 is 166. The van der Waals surface area contributed by atoms with Crippen LogP contribution in [0, 0.1) is 5.41 Å². The number of hydrogen-bond donors (Lipinski definition) is 0. The van der Waals surface area contributed by atoms with Crippen LogP contribution in [0.25, 0.3) is 0 Å². The van der Waals surface area contributed by atoms with E-state index in [9.17, 15) is 14.4 Å². The van der Waals surface area contributed by atoms with Crippen molar-refractivity contribution in [1.29, 1.82) is 0 Å². The van der Waals surface area contributed by atoms with E-state index in [1.165, 1.54) is 0 Å². The maximum atomic E-state index is 11.0. The predicted molar refractivity (Wildman–Crippen MR) is 368 cm³/mol. The molecule has 602 valence electrons. The largest absolute Gasteiger partial charge is 0.460 e. The number of hydrogen-bond acceptors (Lipinski definition) is 33. The molecule has 0 saturated heterocycles. The van der Waals surface area contributed by atoms with Gasteiger partial charge in [-0.1, -0.05) is 26.7 Å². The van der Waals surface area contributed by atoms with Crippen molar-refractivity contribution in [3.63, 3.8) is 0 Å². The lowest BCUT2D eigenvalue weighted by Gasteiger charge is -2.32. The van der Waals surface area contributed by atoms with E-state index in [0.717, 1.165) is 24.6 Å². The molecule has 0 unspecified atom stereocenters. The normalized spacial score (nSPS) is 11.6. The molecule has 0 aromatic carbocycles. The second kappa shape index (κ2) is 86.5. The first-order chi connectivity index (χ1) is 50.4. The molecule has 0 aliphatic rings. The van der Waals surface area contributed by atoms with Gasteiger partial charge >= 0.3 is 17.9 Å². The Labute approximate surface area is 605 Å². The van der Waals surface area contributed by atoms with Crippen molar-refractivity contribution in [3.8, 4) is 0 Å². The fraction of sp³-hybridized carbons (Fsp3) is 0.870. The van der Waals surface area contributed by atoms with Crippen molar-refractivity contribution in [1.82, 2.24) is 0 Å². The van der Waals surface area contributed by atoms with Crippen molar-refractivity contribution in [3.05, 3.63) is 38.0 Å². The van der Waals surface area contributed by atoms with E-state index in [0.29, 0.717) is 357 Å². The SMILES string of the molecule is C=CC(=O)OCCOCCOCCOCCOCCOCCOCCOCCOCCOCC(CC)(COCCOCCOCCOCCOCCOCCOCCOCCOCCOC(=O)C=C)COCCOCCOCCOCCOCCOCCOCCOCCOCCOC(=O)C=C. The molecule has 0 fully saturated rings. The van der Waals surface area contributed by atoms with Crippen molar-refractivity contribution in [2.75, 3.05) is 377 Å². The summed E-state index contributed by atoms with van der Waals surface area (Å²) in [7, 11) is 0. The Hall–Kier alpha value is -3.45. The van der Waals surface area contributed by atoms with E-state index >= 15 is 0 Å². The molecule has 0 amide bonds. The van der Waals surface area contributed by atoms with Crippen LogP contribution in [0.3, 0.4) is 0 Å². The first-order valence-corrected chi connectivity index (χ1v) is 35.4. The summed E-state index contributed by atoms with van der Waals surface area (Å²) in [5.74, 6) is -1.42. The summed E-state index contributed by atoms with van der Waals surface area (Å²) in [5, 5.41) is 0. The van der Waals surface area contributed by atoms with Gasteiger partial charge in [-0.2, -0.15) is 0 Å². The Bertz CT molecular complexity index is 1560. The maximum absolute atomic E-state index is 11.0. The van der Waals surface area contributed by atoms with Crippen molar-refractivity contribution >= 4 is 17.9 Å². The molecule has 0 radical (unpaired) electrons. The van der Waals surface area contributed by atoms with Crippen molar-refractivity contribution in [2.24, 2.45) is 5.41 Å². The quantitative estimate of drug-likeness (QED) is 0.0364. The van der Waals surface area contributed by atoms with Gasteiger partial charge in [-0.15, -0.1) is 0 Å². The minimum absolute atomic E-state index is 0.177. The van der Waals surface area contributed by atoms with Crippen LogP contribution in [0.4, 0.5) is 0 Å². The molecular formula is C69H128O33. The van der Waals surface area contributed by atoms with E-state index < -0.39 is 23.3 Å². The number of carbonyl (C=O) groups is 3. The third-order valence-electron chi connectivity index (χ3n) is 12.8. The van der Waals surface area contributed by atoms with E-state index in [2.05, 4.69) is 26.7 Å². The van der Waals surface area contributed by atoms with Crippen LogP contribution in [-0.2, 0) is 156 Å². The summed E-state index contributed by atoms with van der Waals surface area (Å²) in [6.07, 6.45) is 4.07. The molecule has 0 aromatic rings. The molecule has 0 spiro atoms. The second-order valence-corrected chi connectivity index (χ2v) is 20.8. The topological polar surface area (TPSA) is 328 Å². The Morgan fingerprint density at radius 1 is 0.186 bits per heavy atom. The minimum Gasteiger partial charge on any atom is -0.460 e. The van der Waals surface area contributed by atoms with Crippen molar-refractivity contribution < 1.29 is 156 Å². The van der Waals surface area contributed by atoms with Crippen LogP contribution in [0.2, 0.25) is 0 Å². The molecule has 0 N–H and O–H groups in total. The smallest absolute Gasteiger partial charge is 0.330 e. The van der Waals surface area contributed by atoms with E-state index in [4.69, 9.17) is 142 Å². The van der Waals surface area contributed by atoms with Gasteiger partial charge in [0.2, 0.25) is 0 Å². The number of esters is 3. The molecule has 0 aliphatic carbocycles. The van der Waals surface area contributed by atoms with Gasteiger partial charge in [0.25, 0.3) is 0 Å². The summed E-state index contributed by atoms with van der Waals surface area (Å²) in [5.41, 5.74) is -0.413. The molecular weight excluding hydrogens is 1360 g/mol. The average molecular weight is 1490 g/mol. The number of ether oxygens (including phenoxy) is 30. The van der Waals surface area contributed by atoms with Gasteiger partial charge in [0, 0.05) is 23.6 Å². The zero-order chi connectivity index (χ0) is 73.6. The number of rotatable bonds is 91. The molecule has 0 aromatic heterocycles. The average Bonchev–Trinajstić information content (AvgIpc) is 0.921. The zero-order valence-electron chi connectivity index (χ0n) is 61.3. The molecule has 0 bridgehead atoms. The highest BCUT2D eigenvalue weighted by molar-refractivity contribution is 5.81. The van der Waals surface area contributed by atoms with Gasteiger partial charge < -0.3 is 142 Å². The molecule has 33 nitrogen and oxygen atoms in total. The Kier molecular flexibility index (Phi) is 83.5. The first kappa shape index (κ1) is 98.6. The summed E-state index contributed by atoms with van der Waals surface area (Å²) in [6.45, 7) is 35.5. The van der Waals surface area contributed by atoms with E-state index in [1.807, 2.05) is 0 Å². The standard InChI is InChI=1S/C69H128O33/c1-5-66(70)100-60-57-94-48-45-88-36-33-82-24-21-76-12-9-73-15-18-79-27-30-85-39-42-91-51-54-97-63-69(8-4,64-98-55-52-92-43-40-86-31-28-80-19-16-74-10-13-77-22-25-83-34-37-89-46-49-95-58-61-101-67(71)6-2)65-99-56-53-93-44-41-87-32-29-81-20-17-75-11-14-78-23-26-84-35-38-90-47-50-96-59-62-102-68(72)7-3/h5-7H,1-3,8-65H2,4H3. The van der Waals surface area contributed by atoms with Gasteiger partial charge in [-0.3, -0.25) is 0 Å². The van der Waals surface area contributed by atoms with Crippen LogP contribution >= 0.6 is 0 Å².